The van der Waals surface area contributed by atoms with Gasteiger partial charge in [0.15, 0.2) is 0 Å². The molecule has 3 heteroatoms. The Morgan fingerprint density at radius 3 is 2.60 bits per heavy atom. The van der Waals surface area contributed by atoms with Crippen LogP contribution in [0.2, 0.25) is 0 Å². The van der Waals surface area contributed by atoms with E-state index in [9.17, 15) is 0 Å². The van der Waals surface area contributed by atoms with E-state index in [0.29, 0.717) is 6.04 Å². The molecule has 1 unspecified atom stereocenters. The Kier molecular flexibility index (Phi) is 4.64. The molecule has 1 atom stereocenters. The highest BCUT2D eigenvalue weighted by Gasteiger charge is 2.13. The number of hydrogen-bond acceptors (Lipinski definition) is 3. The van der Waals surface area contributed by atoms with Crippen LogP contribution in [0, 0.1) is 0 Å². The van der Waals surface area contributed by atoms with Gasteiger partial charge in [0.2, 0.25) is 0 Å². The summed E-state index contributed by atoms with van der Waals surface area (Å²) in [5.41, 5.74) is 9.07. The minimum atomic E-state index is 0.295. The fourth-order valence-corrected chi connectivity index (χ4v) is 2.31. The van der Waals surface area contributed by atoms with Crippen molar-refractivity contribution in [3.63, 3.8) is 0 Å². The maximum Gasteiger partial charge on any atom is 0.123 e. The number of rotatable bonds is 5. The summed E-state index contributed by atoms with van der Waals surface area (Å²) in [6.07, 6.45) is 0. The second-order valence-electron chi connectivity index (χ2n) is 5.07. The molecule has 0 saturated carbocycles. The average Bonchev–Trinajstić information content (AvgIpc) is 2.47. The third kappa shape index (κ3) is 3.31. The van der Waals surface area contributed by atoms with Gasteiger partial charge in [-0.1, -0.05) is 30.3 Å². The third-order valence-corrected chi connectivity index (χ3v) is 3.67. The van der Waals surface area contributed by atoms with Crippen LogP contribution in [0.1, 0.15) is 24.1 Å². The second kappa shape index (κ2) is 6.44. The number of nitrogen functional groups attached to an aromatic ring is 1. The van der Waals surface area contributed by atoms with E-state index in [4.69, 9.17) is 10.5 Å². The molecule has 0 bridgehead atoms. The summed E-state index contributed by atoms with van der Waals surface area (Å²) in [7, 11) is 3.82. The van der Waals surface area contributed by atoms with Crippen LogP contribution in [0.25, 0.3) is 0 Å². The van der Waals surface area contributed by atoms with Gasteiger partial charge in [0.1, 0.15) is 5.75 Å². The van der Waals surface area contributed by atoms with Crippen molar-refractivity contribution < 1.29 is 4.74 Å². The van der Waals surface area contributed by atoms with Crippen molar-refractivity contribution in [2.75, 3.05) is 19.9 Å². The van der Waals surface area contributed by atoms with Gasteiger partial charge in [-0.25, -0.2) is 0 Å². The quantitative estimate of drug-likeness (QED) is 0.845. The zero-order chi connectivity index (χ0) is 14.5. The summed E-state index contributed by atoms with van der Waals surface area (Å²) in [4.78, 5) is 2.28. The average molecular weight is 270 g/mol. The van der Waals surface area contributed by atoms with Gasteiger partial charge in [-0.2, -0.15) is 0 Å². The normalized spacial score (nSPS) is 12.4. The third-order valence-electron chi connectivity index (χ3n) is 3.67. The van der Waals surface area contributed by atoms with Crippen molar-refractivity contribution in [3.05, 3.63) is 59.7 Å². The first-order valence-corrected chi connectivity index (χ1v) is 6.79. The van der Waals surface area contributed by atoms with Crippen molar-refractivity contribution in [3.8, 4) is 5.75 Å². The van der Waals surface area contributed by atoms with Crippen LogP contribution in [-0.4, -0.2) is 19.1 Å². The lowest BCUT2D eigenvalue weighted by atomic mass is 10.1. The van der Waals surface area contributed by atoms with E-state index in [0.717, 1.165) is 18.0 Å². The monoisotopic (exact) mass is 270 g/mol. The standard InChI is InChI=1S/C17H22N2O/c1-13(14-8-6-9-16(18)11-14)19(2)12-15-7-4-5-10-17(15)20-3/h4-11,13H,12,18H2,1-3H3. The number of benzene rings is 2. The summed E-state index contributed by atoms with van der Waals surface area (Å²) in [6.45, 7) is 3.02. The van der Waals surface area contributed by atoms with Crippen LogP contribution in [0.4, 0.5) is 5.69 Å². The predicted octanol–water partition coefficient (Wildman–Crippen LogP) is 3.47. The molecule has 0 radical (unpaired) electrons. The number of nitrogens with two attached hydrogens (primary N) is 1. The van der Waals surface area contributed by atoms with Crippen LogP contribution in [0.3, 0.4) is 0 Å². The Balaban J connectivity index is 2.13. The highest BCUT2D eigenvalue weighted by atomic mass is 16.5. The fraction of sp³-hybridized carbons (Fsp3) is 0.294. The van der Waals surface area contributed by atoms with E-state index in [1.807, 2.05) is 36.4 Å². The van der Waals surface area contributed by atoms with Gasteiger partial charge in [-0.3, -0.25) is 4.90 Å². The first kappa shape index (κ1) is 14.4. The minimum absolute atomic E-state index is 0.295. The summed E-state index contributed by atoms with van der Waals surface area (Å²) in [5.74, 6) is 0.930. The van der Waals surface area contributed by atoms with E-state index in [1.165, 1.54) is 11.1 Å². The molecule has 0 aliphatic rings. The molecule has 0 spiro atoms. The van der Waals surface area contributed by atoms with Crippen LogP contribution in [0.15, 0.2) is 48.5 Å². The fourth-order valence-electron chi connectivity index (χ4n) is 2.31. The van der Waals surface area contributed by atoms with E-state index in [1.54, 1.807) is 7.11 Å². The molecule has 2 N–H and O–H groups in total. The zero-order valence-corrected chi connectivity index (χ0v) is 12.3. The molecular weight excluding hydrogens is 248 g/mol. The van der Waals surface area contributed by atoms with Crippen LogP contribution < -0.4 is 10.5 Å². The Morgan fingerprint density at radius 1 is 1.15 bits per heavy atom. The first-order valence-electron chi connectivity index (χ1n) is 6.79. The largest absolute Gasteiger partial charge is 0.496 e. The Bertz CT molecular complexity index is 568. The lowest BCUT2D eigenvalue weighted by molar-refractivity contribution is 0.249. The molecule has 20 heavy (non-hydrogen) atoms. The molecule has 2 rings (SSSR count). The SMILES string of the molecule is COc1ccccc1CN(C)C(C)c1cccc(N)c1. The van der Waals surface area contributed by atoms with Gasteiger partial charge < -0.3 is 10.5 Å². The molecular formula is C17H22N2O. The first-order chi connectivity index (χ1) is 9.61. The van der Waals surface area contributed by atoms with E-state index in [2.05, 4.69) is 31.0 Å². The zero-order valence-electron chi connectivity index (χ0n) is 12.3. The Morgan fingerprint density at radius 2 is 1.90 bits per heavy atom. The highest BCUT2D eigenvalue weighted by Crippen LogP contribution is 2.25. The van der Waals surface area contributed by atoms with E-state index < -0.39 is 0 Å². The predicted molar refractivity (Wildman–Crippen MR) is 83.7 cm³/mol. The summed E-state index contributed by atoms with van der Waals surface area (Å²) in [6, 6.07) is 16.5. The van der Waals surface area contributed by atoms with Crippen molar-refractivity contribution in [2.24, 2.45) is 0 Å². The van der Waals surface area contributed by atoms with Crippen molar-refractivity contribution in [2.45, 2.75) is 19.5 Å². The molecule has 0 amide bonds. The molecule has 0 fully saturated rings. The minimum Gasteiger partial charge on any atom is -0.496 e. The van der Waals surface area contributed by atoms with Gasteiger partial charge in [0.05, 0.1) is 7.11 Å². The van der Waals surface area contributed by atoms with Gasteiger partial charge in [0, 0.05) is 23.8 Å². The maximum atomic E-state index is 5.86. The molecule has 0 saturated heterocycles. The lowest BCUT2D eigenvalue weighted by Gasteiger charge is -2.26. The van der Waals surface area contributed by atoms with Crippen molar-refractivity contribution in [1.29, 1.82) is 0 Å². The number of anilines is 1. The molecule has 2 aromatic rings. The van der Waals surface area contributed by atoms with Crippen LogP contribution in [-0.2, 0) is 6.54 Å². The number of methoxy groups -OCH3 is 1. The van der Waals surface area contributed by atoms with Gasteiger partial charge in [-0.05, 0) is 37.7 Å². The van der Waals surface area contributed by atoms with E-state index in [-0.39, 0.29) is 0 Å². The summed E-state index contributed by atoms with van der Waals surface area (Å²) >= 11 is 0. The lowest BCUT2D eigenvalue weighted by Crippen LogP contribution is -2.22. The van der Waals surface area contributed by atoms with Gasteiger partial charge in [-0.15, -0.1) is 0 Å². The number of ether oxygens (including phenoxy) is 1. The van der Waals surface area contributed by atoms with Crippen LogP contribution in [0.5, 0.6) is 5.75 Å². The molecule has 0 aromatic heterocycles. The van der Waals surface area contributed by atoms with Gasteiger partial charge >= 0.3 is 0 Å². The van der Waals surface area contributed by atoms with Crippen LogP contribution >= 0.6 is 0 Å². The van der Waals surface area contributed by atoms with Crippen molar-refractivity contribution in [1.82, 2.24) is 4.90 Å². The molecule has 0 aliphatic heterocycles. The highest BCUT2D eigenvalue weighted by molar-refractivity contribution is 5.41. The molecule has 106 valence electrons. The van der Waals surface area contributed by atoms with E-state index >= 15 is 0 Å². The number of nitrogens with zero attached hydrogens (tertiary/aromatic N) is 1. The van der Waals surface area contributed by atoms with Gasteiger partial charge in [0.25, 0.3) is 0 Å². The molecule has 0 heterocycles. The smallest absolute Gasteiger partial charge is 0.123 e. The molecule has 0 aliphatic carbocycles. The second-order valence-corrected chi connectivity index (χ2v) is 5.07. The molecule has 2 aromatic carbocycles. The Labute approximate surface area is 121 Å². The summed E-state index contributed by atoms with van der Waals surface area (Å²) < 4.78 is 5.40. The summed E-state index contributed by atoms with van der Waals surface area (Å²) in [5, 5.41) is 0. The van der Waals surface area contributed by atoms with Crippen molar-refractivity contribution >= 4 is 5.69 Å². The Hall–Kier alpha value is -2.00. The number of para-hydroxylation sites is 1. The number of hydrogen-bond donors (Lipinski definition) is 1. The molecule has 3 nitrogen and oxygen atoms in total. The topological polar surface area (TPSA) is 38.5 Å². The maximum absolute atomic E-state index is 5.86.